The summed E-state index contributed by atoms with van der Waals surface area (Å²) in [5, 5.41) is 7.52. The summed E-state index contributed by atoms with van der Waals surface area (Å²) in [5.74, 6) is 0.212. The molecule has 1 aliphatic heterocycles. The maximum absolute atomic E-state index is 12.2. The summed E-state index contributed by atoms with van der Waals surface area (Å²) in [7, 11) is 0. The molecule has 1 amide bonds. The quantitative estimate of drug-likeness (QED) is 0.854. The summed E-state index contributed by atoms with van der Waals surface area (Å²) in [5.41, 5.74) is 5.78. The summed E-state index contributed by atoms with van der Waals surface area (Å²) in [6.45, 7) is 4.01. The predicted molar refractivity (Wildman–Crippen MR) is 67.0 cm³/mol. The van der Waals surface area contributed by atoms with Crippen LogP contribution in [0.25, 0.3) is 0 Å². The molecule has 1 saturated heterocycles. The van der Waals surface area contributed by atoms with Gasteiger partial charge >= 0.3 is 0 Å². The Morgan fingerprint density at radius 1 is 1.56 bits per heavy atom. The summed E-state index contributed by atoms with van der Waals surface area (Å²) >= 11 is 0. The van der Waals surface area contributed by atoms with Crippen molar-refractivity contribution in [2.45, 2.75) is 25.9 Å². The maximum Gasteiger partial charge on any atom is 0.274 e. The van der Waals surface area contributed by atoms with Crippen molar-refractivity contribution in [3.63, 3.8) is 0 Å². The average molecular weight is 250 g/mol. The molecule has 0 aliphatic carbocycles. The van der Waals surface area contributed by atoms with Crippen molar-refractivity contribution in [2.24, 2.45) is 0 Å². The van der Waals surface area contributed by atoms with Gasteiger partial charge in [-0.25, -0.2) is 0 Å². The van der Waals surface area contributed by atoms with Crippen molar-refractivity contribution in [1.29, 1.82) is 0 Å². The third kappa shape index (κ3) is 2.95. The number of piperidine rings is 1. The number of nitrogens with two attached hydrogens (primary N) is 1. The number of carbonyl (C=O) groups excluding carboxylic acids is 1. The van der Waals surface area contributed by atoms with E-state index in [1.165, 1.54) is 0 Å². The number of ether oxygens (including phenoxy) is 1. The van der Waals surface area contributed by atoms with Crippen molar-refractivity contribution in [2.75, 3.05) is 25.4 Å². The standard InChI is InChI=1S/C12H18N4O2/c1-2-18-9-4-3-7-16(8-9)12(17)10-5-6-11(13)15-14-10/h5-6,9H,2-4,7-8H2,1H3,(H2,13,15). The lowest BCUT2D eigenvalue weighted by Gasteiger charge is -2.32. The molecule has 1 aromatic heterocycles. The van der Waals surface area contributed by atoms with Crippen LogP contribution in [-0.2, 0) is 4.74 Å². The summed E-state index contributed by atoms with van der Waals surface area (Å²) in [6, 6.07) is 3.19. The number of aromatic nitrogens is 2. The molecular formula is C12H18N4O2. The second-order valence-electron chi connectivity index (χ2n) is 4.31. The van der Waals surface area contributed by atoms with Crippen LogP contribution < -0.4 is 5.73 Å². The predicted octanol–water partition coefficient (Wildman–Crippen LogP) is 0.700. The van der Waals surface area contributed by atoms with Crippen LogP contribution in [0, 0.1) is 0 Å². The molecule has 6 heteroatoms. The van der Waals surface area contributed by atoms with Gasteiger partial charge in [0.05, 0.1) is 6.10 Å². The third-order valence-electron chi connectivity index (χ3n) is 2.97. The molecule has 1 fully saturated rings. The van der Waals surface area contributed by atoms with Crippen LogP contribution in [0.2, 0.25) is 0 Å². The van der Waals surface area contributed by atoms with Gasteiger partial charge in [0.15, 0.2) is 5.69 Å². The van der Waals surface area contributed by atoms with Gasteiger partial charge in [-0.15, -0.1) is 10.2 Å². The first-order valence-corrected chi connectivity index (χ1v) is 6.20. The smallest absolute Gasteiger partial charge is 0.274 e. The van der Waals surface area contributed by atoms with Crippen molar-refractivity contribution >= 4 is 11.7 Å². The molecule has 0 aromatic carbocycles. The maximum atomic E-state index is 12.2. The van der Waals surface area contributed by atoms with E-state index in [4.69, 9.17) is 10.5 Å². The van der Waals surface area contributed by atoms with Crippen molar-refractivity contribution in [3.8, 4) is 0 Å². The summed E-state index contributed by atoms with van der Waals surface area (Å²) in [4.78, 5) is 14.0. The van der Waals surface area contributed by atoms with E-state index in [-0.39, 0.29) is 12.0 Å². The molecule has 2 heterocycles. The zero-order valence-electron chi connectivity index (χ0n) is 10.5. The summed E-state index contributed by atoms with van der Waals surface area (Å²) in [6.07, 6.45) is 2.10. The van der Waals surface area contributed by atoms with Crippen molar-refractivity contribution in [3.05, 3.63) is 17.8 Å². The number of amides is 1. The molecule has 1 aromatic rings. The number of likely N-dealkylation sites (tertiary alicyclic amines) is 1. The van der Waals surface area contributed by atoms with E-state index in [1.807, 2.05) is 6.92 Å². The Bertz CT molecular complexity index is 405. The van der Waals surface area contributed by atoms with E-state index in [2.05, 4.69) is 10.2 Å². The number of anilines is 1. The molecule has 1 atom stereocenters. The van der Waals surface area contributed by atoms with Gasteiger partial charge in [-0.2, -0.15) is 0 Å². The Hall–Kier alpha value is -1.69. The van der Waals surface area contributed by atoms with Gasteiger partial charge in [0.1, 0.15) is 5.82 Å². The Kier molecular flexibility index (Phi) is 4.09. The fraction of sp³-hybridized carbons (Fsp3) is 0.583. The summed E-state index contributed by atoms with van der Waals surface area (Å²) < 4.78 is 5.57. The van der Waals surface area contributed by atoms with E-state index in [1.54, 1.807) is 17.0 Å². The van der Waals surface area contributed by atoms with Gasteiger partial charge in [0.2, 0.25) is 0 Å². The number of nitrogen functional groups attached to an aromatic ring is 1. The number of carbonyl (C=O) groups is 1. The molecule has 1 aliphatic rings. The highest BCUT2D eigenvalue weighted by Gasteiger charge is 2.25. The van der Waals surface area contributed by atoms with Gasteiger partial charge < -0.3 is 15.4 Å². The minimum absolute atomic E-state index is 0.105. The molecular weight excluding hydrogens is 232 g/mol. The topological polar surface area (TPSA) is 81.3 Å². The van der Waals surface area contributed by atoms with Crippen molar-refractivity contribution in [1.82, 2.24) is 15.1 Å². The van der Waals surface area contributed by atoms with E-state index in [0.717, 1.165) is 19.4 Å². The highest BCUT2D eigenvalue weighted by molar-refractivity contribution is 5.92. The molecule has 2 rings (SSSR count). The molecule has 2 N–H and O–H groups in total. The SMILES string of the molecule is CCOC1CCCN(C(=O)c2ccc(N)nn2)C1. The molecule has 98 valence electrons. The Balaban J connectivity index is 2.02. The van der Waals surface area contributed by atoms with Crippen LogP contribution in [0.3, 0.4) is 0 Å². The molecule has 0 saturated carbocycles. The second kappa shape index (κ2) is 5.77. The van der Waals surface area contributed by atoms with E-state index in [0.29, 0.717) is 24.7 Å². The number of hydrogen-bond donors (Lipinski definition) is 1. The van der Waals surface area contributed by atoms with Crippen LogP contribution in [0.5, 0.6) is 0 Å². The first-order chi connectivity index (χ1) is 8.70. The van der Waals surface area contributed by atoms with Crippen LogP contribution in [0.1, 0.15) is 30.3 Å². The van der Waals surface area contributed by atoms with Crippen LogP contribution in [0.4, 0.5) is 5.82 Å². The number of hydrogen-bond acceptors (Lipinski definition) is 5. The highest BCUT2D eigenvalue weighted by atomic mass is 16.5. The van der Waals surface area contributed by atoms with Crippen LogP contribution in [0.15, 0.2) is 12.1 Å². The van der Waals surface area contributed by atoms with Gasteiger partial charge in [0.25, 0.3) is 5.91 Å². The Morgan fingerprint density at radius 2 is 2.39 bits per heavy atom. The van der Waals surface area contributed by atoms with Gasteiger partial charge in [-0.1, -0.05) is 0 Å². The average Bonchev–Trinajstić information content (AvgIpc) is 2.39. The zero-order chi connectivity index (χ0) is 13.0. The van der Waals surface area contributed by atoms with Gasteiger partial charge in [0, 0.05) is 19.7 Å². The second-order valence-corrected chi connectivity index (χ2v) is 4.31. The van der Waals surface area contributed by atoms with E-state index in [9.17, 15) is 4.79 Å². The Morgan fingerprint density at radius 3 is 3.06 bits per heavy atom. The first-order valence-electron chi connectivity index (χ1n) is 6.20. The fourth-order valence-electron chi connectivity index (χ4n) is 2.11. The lowest BCUT2D eigenvalue weighted by Crippen LogP contribution is -2.43. The van der Waals surface area contributed by atoms with Gasteiger partial charge in [-0.05, 0) is 31.9 Å². The van der Waals surface area contributed by atoms with Crippen LogP contribution in [-0.4, -0.2) is 46.8 Å². The minimum atomic E-state index is -0.105. The van der Waals surface area contributed by atoms with Crippen LogP contribution >= 0.6 is 0 Å². The number of nitrogens with zero attached hydrogens (tertiary/aromatic N) is 3. The molecule has 0 bridgehead atoms. The molecule has 0 spiro atoms. The minimum Gasteiger partial charge on any atom is -0.382 e. The van der Waals surface area contributed by atoms with E-state index < -0.39 is 0 Å². The first kappa shape index (κ1) is 12.8. The third-order valence-corrected chi connectivity index (χ3v) is 2.97. The lowest BCUT2D eigenvalue weighted by atomic mass is 10.1. The lowest BCUT2D eigenvalue weighted by molar-refractivity contribution is 0.00699. The van der Waals surface area contributed by atoms with E-state index >= 15 is 0 Å². The Labute approximate surface area is 106 Å². The number of rotatable bonds is 3. The fourth-order valence-corrected chi connectivity index (χ4v) is 2.11. The molecule has 1 unspecified atom stereocenters. The molecule has 6 nitrogen and oxygen atoms in total. The largest absolute Gasteiger partial charge is 0.382 e. The molecule has 18 heavy (non-hydrogen) atoms. The normalized spacial score (nSPS) is 19.8. The monoisotopic (exact) mass is 250 g/mol. The van der Waals surface area contributed by atoms with Crippen molar-refractivity contribution < 1.29 is 9.53 Å². The van der Waals surface area contributed by atoms with Gasteiger partial charge in [-0.3, -0.25) is 4.79 Å². The molecule has 0 radical (unpaired) electrons. The zero-order valence-corrected chi connectivity index (χ0v) is 10.5. The highest BCUT2D eigenvalue weighted by Crippen LogP contribution is 2.15.